The number of hydrogen-bond acceptors (Lipinski definition) is 3. The summed E-state index contributed by atoms with van der Waals surface area (Å²) in [6, 6.07) is 6.17. The maximum absolute atomic E-state index is 12.2. The highest BCUT2D eigenvalue weighted by Gasteiger charge is 2.25. The average molecular weight is 247 g/mol. The Kier molecular flexibility index (Phi) is 4.31. The Morgan fingerprint density at radius 2 is 2.39 bits per heavy atom. The molecule has 1 aromatic rings. The van der Waals surface area contributed by atoms with E-state index in [9.17, 15) is 4.79 Å². The number of carbonyl (C=O) groups excluding carboxylic acids is 1. The van der Waals surface area contributed by atoms with Crippen LogP contribution in [0.15, 0.2) is 24.4 Å². The third kappa shape index (κ3) is 3.29. The lowest BCUT2D eigenvalue weighted by atomic mass is 9.92. The zero-order valence-electron chi connectivity index (χ0n) is 11.0. The lowest BCUT2D eigenvalue weighted by Crippen LogP contribution is -2.43. The van der Waals surface area contributed by atoms with Crippen LogP contribution >= 0.6 is 0 Å². The normalized spacial score (nSPS) is 25.4. The minimum absolute atomic E-state index is 0.0242. The Bertz CT molecular complexity index is 393. The predicted molar refractivity (Wildman–Crippen MR) is 71.0 cm³/mol. The number of nitrogens with zero attached hydrogens (tertiary/aromatic N) is 1. The van der Waals surface area contributed by atoms with Gasteiger partial charge in [0.15, 0.2) is 0 Å². The van der Waals surface area contributed by atoms with E-state index in [1.54, 1.807) is 6.20 Å². The Labute approximate surface area is 108 Å². The number of pyridine rings is 1. The Morgan fingerprint density at radius 1 is 1.56 bits per heavy atom. The van der Waals surface area contributed by atoms with E-state index in [-0.39, 0.29) is 17.9 Å². The van der Waals surface area contributed by atoms with Gasteiger partial charge < -0.3 is 10.6 Å². The molecule has 4 heteroatoms. The van der Waals surface area contributed by atoms with Gasteiger partial charge in [0.1, 0.15) is 0 Å². The van der Waals surface area contributed by atoms with Gasteiger partial charge in [-0.3, -0.25) is 9.78 Å². The molecule has 0 aromatic carbocycles. The predicted octanol–water partition coefficient (Wildman–Crippen LogP) is 1.65. The van der Waals surface area contributed by atoms with Crippen LogP contribution in [-0.4, -0.2) is 23.5 Å². The van der Waals surface area contributed by atoms with Crippen molar-refractivity contribution in [2.75, 3.05) is 6.54 Å². The number of aromatic nitrogens is 1. The van der Waals surface area contributed by atoms with Crippen LogP contribution in [0.3, 0.4) is 0 Å². The maximum atomic E-state index is 12.2. The van der Waals surface area contributed by atoms with Gasteiger partial charge in [0.05, 0.1) is 11.7 Å². The molecule has 1 amide bonds. The third-order valence-electron chi connectivity index (χ3n) is 3.48. The van der Waals surface area contributed by atoms with Crippen LogP contribution < -0.4 is 10.6 Å². The second-order valence-electron chi connectivity index (χ2n) is 5.06. The summed E-state index contributed by atoms with van der Waals surface area (Å²) in [6.07, 6.45) is 3.59. The molecule has 1 aliphatic rings. The second kappa shape index (κ2) is 5.96. The molecule has 2 rings (SSSR count). The molecule has 1 fully saturated rings. The molecule has 2 heterocycles. The quantitative estimate of drug-likeness (QED) is 0.854. The fraction of sp³-hybridized carbons (Fsp3) is 0.571. The van der Waals surface area contributed by atoms with Crippen molar-refractivity contribution in [3.05, 3.63) is 30.1 Å². The summed E-state index contributed by atoms with van der Waals surface area (Å²) in [5.41, 5.74) is 0.910. The lowest BCUT2D eigenvalue weighted by Gasteiger charge is -2.28. The van der Waals surface area contributed by atoms with Gasteiger partial charge >= 0.3 is 0 Å². The molecule has 0 radical (unpaired) electrons. The molecular weight excluding hydrogens is 226 g/mol. The van der Waals surface area contributed by atoms with E-state index in [2.05, 4.69) is 22.5 Å². The number of piperidine rings is 1. The first-order valence-corrected chi connectivity index (χ1v) is 6.61. The molecule has 4 nitrogen and oxygen atoms in total. The van der Waals surface area contributed by atoms with E-state index in [0.29, 0.717) is 6.04 Å². The minimum Gasteiger partial charge on any atom is -0.348 e. The van der Waals surface area contributed by atoms with E-state index in [4.69, 9.17) is 0 Å². The molecule has 0 aliphatic carbocycles. The highest BCUT2D eigenvalue weighted by atomic mass is 16.1. The van der Waals surface area contributed by atoms with Crippen molar-refractivity contribution in [1.82, 2.24) is 15.6 Å². The van der Waals surface area contributed by atoms with Crippen molar-refractivity contribution in [3.63, 3.8) is 0 Å². The molecule has 2 unspecified atom stereocenters. The summed E-state index contributed by atoms with van der Waals surface area (Å²) in [4.78, 5) is 16.4. The van der Waals surface area contributed by atoms with E-state index in [0.717, 1.165) is 25.1 Å². The first kappa shape index (κ1) is 13.0. The first-order valence-electron chi connectivity index (χ1n) is 6.61. The number of carbonyl (C=O) groups is 1. The first-order chi connectivity index (χ1) is 8.66. The third-order valence-corrected chi connectivity index (χ3v) is 3.48. The zero-order chi connectivity index (χ0) is 13.0. The van der Waals surface area contributed by atoms with Gasteiger partial charge in [-0.05, 0) is 45.4 Å². The zero-order valence-corrected chi connectivity index (χ0v) is 11.0. The van der Waals surface area contributed by atoms with Crippen LogP contribution in [0.4, 0.5) is 0 Å². The van der Waals surface area contributed by atoms with Gasteiger partial charge in [-0.25, -0.2) is 0 Å². The molecule has 18 heavy (non-hydrogen) atoms. The van der Waals surface area contributed by atoms with Crippen molar-refractivity contribution in [3.8, 4) is 0 Å². The summed E-state index contributed by atoms with van der Waals surface area (Å²) >= 11 is 0. The highest BCUT2D eigenvalue weighted by Crippen LogP contribution is 2.18. The summed E-state index contributed by atoms with van der Waals surface area (Å²) in [5, 5.41) is 6.42. The summed E-state index contributed by atoms with van der Waals surface area (Å²) in [5.74, 6) is 0.286. The van der Waals surface area contributed by atoms with E-state index < -0.39 is 0 Å². The Hall–Kier alpha value is -1.42. The van der Waals surface area contributed by atoms with E-state index in [1.807, 2.05) is 25.1 Å². The minimum atomic E-state index is -0.0242. The number of nitrogens with one attached hydrogen (secondary N) is 2. The molecule has 0 spiro atoms. The average Bonchev–Trinajstić information content (AvgIpc) is 2.39. The number of hydrogen-bond donors (Lipinski definition) is 2. The molecule has 2 N–H and O–H groups in total. The van der Waals surface area contributed by atoms with Crippen molar-refractivity contribution >= 4 is 5.91 Å². The van der Waals surface area contributed by atoms with Crippen molar-refractivity contribution < 1.29 is 4.79 Å². The van der Waals surface area contributed by atoms with Gasteiger partial charge in [-0.15, -0.1) is 0 Å². The smallest absolute Gasteiger partial charge is 0.223 e. The van der Waals surface area contributed by atoms with Crippen LogP contribution in [0.1, 0.15) is 38.4 Å². The Morgan fingerprint density at radius 3 is 3.06 bits per heavy atom. The summed E-state index contributed by atoms with van der Waals surface area (Å²) in [6.45, 7) is 5.03. The van der Waals surface area contributed by atoms with Crippen molar-refractivity contribution in [2.24, 2.45) is 5.92 Å². The fourth-order valence-corrected chi connectivity index (χ4v) is 2.41. The summed E-state index contributed by atoms with van der Waals surface area (Å²) in [7, 11) is 0. The van der Waals surface area contributed by atoms with Gasteiger partial charge in [0, 0.05) is 18.2 Å². The standard InChI is InChI=1S/C14H21N3O/c1-10-9-12(6-8-15-10)14(18)17-11(2)13-5-3-4-7-16-13/h3-5,7,10-12,15H,6,8-9H2,1-2H3,(H,17,18)/t10?,11-,12?/m1/s1. The van der Waals surface area contributed by atoms with Crippen LogP contribution in [0.5, 0.6) is 0 Å². The molecule has 0 saturated carbocycles. The van der Waals surface area contributed by atoms with Gasteiger partial charge in [-0.2, -0.15) is 0 Å². The molecule has 1 aromatic heterocycles. The van der Waals surface area contributed by atoms with Crippen molar-refractivity contribution in [2.45, 2.75) is 38.8 Å². The highest BCUT2D eigenvalue weighted by molar-refractivity contribution is 5.79. The van der Waals surface area contributed by atoms with E-state index >= 15 is 0 Å². The van der Waals surface area contributed by atoms with E-state index in [1.165, 1.54) is 0 Å². The van der Waals surface area contributed by atoms with Gasteiger partial charge in [0.25, 0.3) is 0 Å². The molecule has 98 valence electrons. The molecule has 0 bridgehead atoms. The number of amides is 1. The second-order valence-corrected chi connectivity index (χ2v) is 5.06. The van der Waals surface area contributed by atoms with Crippen LogP contribution in [-0.2, 0) is 4.79 Å². The van der Waals surface area contributed by atoms with Gasteiger partial charge in [0.2, 0.25) is 5.91 Å². The largest absolute Gasteiger partial charge is 0.348 e. The van der Waals surface area contributed by atoms with Crippen LogP contribution in [0.25, 0.3) is 0 Å². The SMILES string of the molecule is CC1CC(C(=O)N[C@H](C)c2ccccn2)CCN1. The lowest BCUT2D eigenvalue weighted by molar-refractivity contribution is -0.126. The molecular formula is C14H21N3O. The monoisotopic (exact) mass is 247 g/mol. The van der Waals surface area contributed by atoms with Gasteiger partial charge in [-0.1, -0.05) is 6.07 Å². The fourth-order valence-electron chi connectivity index (χ4n) is 2.41. The Balaban J connectivity index is 1.91. The molecule has 3 atom stereocenters. The maximum Gasteiger partial charge on any atom is 0.223 e. The van der Waals surface area contributed by atoms with Crippen molar-refractivity contribution in [1.29, 1.82) is 0 Å². The molecule has 1 aliphatic heterocycles. The topological polar surface area (TPSA) is 54.0 Å². The summed E-state index contributed by atoms with van der Waals surface area (Å²) < 4.78 is 0. The number of rotatable bonds is 3. The van der Waals surface area contributed by atoms with Crippen LogP contribution in [0.2, 0.25) is 0 Å². The molecule has 1 saturated heterocycles. The van der Waals surface area contributed by atoms with Crippen LogP contribution in [0, 0.1) is 5.92 Å².